The molecular formula is C15H18FN3O5S. The van der Waals surface area contributed by atoms with Gasteiger partial charge in [0.1, 0.15) is 11.5 Å². The van der Waals surface area contributed by atoms with Crippen LogP contribution in [0.15, 0.2) is 35.1 Å². The molecule has 1 saturated carbocycles. The molecule has 25 heavy (non-hydrogen) atoms. The Labute approximate surface area is 144 Å². The summed E-state index contributed by atoms with van der Waals surface area (Å²) in [5.74, 6) is -1.35. The van der Waals surface area contributed by atoms with Crippen LogP contribution in [0.1, 0.15) is 0 Å². The Hall–Kier alpha value is -2.04. The maximum absolute atomic E-state index is 12.6. The van der Waals surface area contributed by atoms with Gasteiger partial charge in [-0.05, 0) is 17.9 Å². The summed E-state index contributed by atoms with van der Waals surface area (Å²) >= 11 is 0. The number of ether oxygens (including phenoxy) is 1. The number of carboxylic acid groups (broad SMARTS) is 1. The molecule has 3 N–H and O–H groups in total. The summed E-state index contributed by atoms with van der Waals surface area (Å²) in [6.45, 7) is 0.364. The van der Waals surface area contributed by atoms with Gasteiger partial charge in [0.15, 0.2) is 0 Å². The minimum Gasteiger partial charge on any atom is -0.481 e. The maximum Gasteiger partial charge on any atom is 0.307 e. The molecule has 2 heterocycles. The molecule has 1 saturated heterocycles. The fourth-order valence-corrected chi connectivity index (χ4v) is 4.57. The summed E-state index contributed by atoms with van der Waals surface area (Å²) < 4.78 is 44.1. The third-order valence-electron chi connectivity index (χ3n) is 4.61. The molecule has 1 aromatic heterocycles. The van der Waals surface area contributed by atoms with Crippen molar-refractivity contribution in [1.29, 1.82) is 0 Å². The van der Waals surface area contributed by atoms with E-state index >= 15 is 0 Å². The van der Waals surface area contributed by atoms with E-state index in [9.17, 15) is 17.6 Å². The number of piperidine rings is 1. The molecule has 8 nitrogen and oxygen atoms in total. The Morgan fingerprint density at radius 1 is 1.44 bits per heavy atom. The van der Waals surface area contributed by atoms with Crippen molar-refractivity contribution in [2.75, 3.05) is 26.2 Å². The topological polar surface area (TPSA) is 123 Å². The number of hydrogen-bond acceptors (Lipinski definition) is 6. The van der Waals surface area contributed by atoms with Gasteiger partial charge in [-0.1, -0.05) is 0 Å². The van der Waals surface area contributed by atoms with Crippen molar-refractivity contribution < 1.29 is 27.4 Å². The van der Waals surface area contributed by atoms with Crippen LogP contribution in [0.5, 0.6) is 5.88 Å². The molecule has 3 rings (SSSR count). The van der Waals surface area contributed by atoms with Gasteiger partial charge >= 0.3 is 5.97 Å². The van der Waals surface area contributed by atoms with E-state index in [1.807, 2.05) is 0 Å². The molecule has 0 unspecified atom stereocenters. The van der Waals surface area contributed by atoms with Crippen LogP contribution in [0.4, 0.5) is 4.39 Å². The number of nitrogens with zero attached hydrogens (tertiary/aromatic N) is 2. The van der Waals surface area contributed by atoms with E-state index in [2.05, 4.69) is 4.98 Å². The quantitative estimate of drug-likeness (QED) is 0.703. The zero-order valence-corrected chi connectivity index (χ0v) is 14.0. The second kappa shape index (κ2) is 6.70. The number of hydrogen-bond donors (Lipinski definition) is 2. The zero-order chi connectivity index (χ0) is 18.2. The Bertz CT molecular complexity index is 784. The van der Waals surface area contributed by atoms with E-state index in [1.165, 1.54) is 22.6 Å². The molecule has 0 radical (unpaired) electrons. The molecule has 2 aliphatic rings. The molecule has 1 aliphatic heterocycles. The number of pyridine rings is 1. The van der Waals surface area contributed by atoms with Gasteiger partial charge in [-0.25, -0.2) is 17.8 Å². The van der Waals surface area contributed by atoms with Gasteiger partial charge in [0.2, 0.25) is 15.9 Å². The Kier molecular flexibility index (Phi) is 4.76. The van der Waals surface area contributed by atoms with E-state index in [-0.39, 0.29) is 54.4 Å². The molecule has 0 aromatic carbocycles. The molecule has 2 fully saturated rings. The maximum atomic E-state index is 12.6. The average molecular weight is 371 g/mol. The SMILES string of the molecule is NC/C(=C/F)COc1ccc(S(=O)(=O)N2C[C@H]3C(C(=O)O)[C@@H]3C2)cn1. The van der Waals surface area contributed by atoms with Crippen LogP contribution in [0.3, 0.4) is 0 Å². The first-order valence-electron chi connectivity index (χ1n) is 7.68. The van der Waals surface area contributed by atoms with E-state index in [4.69, 9.17) is 15.6 Å². The molecule has 1 aromatic rings. The smallest absolute Gasteiger partial charge is 0.307 e. The van der Waals surface area contributed by atoms with Gasteiger partial charge in [0.05, 0.1) is 18.4 Å². The van der Waals surface area contributed by atoms with E-state index in [0.717, 1.165) is 0 Å². The molecule has 0 spiro atoms. The summed E-state index contributed by atoms with van der Waals surface area (Å²) in [5.41, 5.74) is 5.56. The van der Waals surface area contributed by atoms with Crippen LogP contribution in [-0.2, 0) is 14.8 Å². The predicted molar refractivity (Wildman–Crippen MR) is 84.8 cm³/mol. The monoisotopic (exact) mass is 371 g/mol. The summed E-state index contributed by atoms with van der Waals surface area (Å²) in [6.07, 6.45) is 1.53. The third-order valence-corrected chi connectivity index (χ3v) is 6.43. The van der Waals surface area contributed by atoms with Crippen molar-refractivity contribution in [3.8, 4) is 5.88 Å². The number of carbonyl (C=O) groups is 1. The molecule has 1 aliphatic carbocycles. The van der Waals surface area contributed by atoms with Gasteiger partial charge in [-0.2, -0.15) is 4.31 Å². The van der Waals surface area contributed by atoms with E-state index in [1.54, 1.807) is 0 Å². The lowest BCUT2D eigenvalue weighted by atomic mass is 10.3. The van der Waals surface area contributed by atoms with Crippen molar-refractivity contribution in [3.05, 3.63) is 30.2 Å². The molecule has 0 amide bonds. The number of carboxylic acids is 1. The van der Waals surface area contributed by atoms with Gasteiger partial charge in [0, 0.05) is 31.3 Å². The third kappa shape index (κ3) is 3.37. The van der Waals surface area contributed by atoms with Crippen LogP contribution in [0, 0.1) is 17.8 Å². The van der Waals surface area contributed by atoms with Gasteiger partial charge < -0.3 is 15.6 Å². The number of aliphatic carboxylic acids is 1. The first-order chi connectivity index (χ1) is 11.9. The van der Waals surface area contributed by atoms with Crippen molar-refractivity contribution in [2.45, 2.75) is 4.90 Å². The van der Waals surface area contributed by atoms with Crippen LogP contribution in [0.2, 0.25) is 0 Å². The van der Waals surface area contributed by atoms with E-state index < -0.39 is 21.9 Å². The van der Waals surface area contributed by atoms with Crippen LogP contribution < -0.4 is 10.5 Å². The van der Waals surface area contributed by atoms with Crippen LogP contribution in [-0.4, -0.2) is 55.0 Å². The number of fused-ring (bicyclic) bond motifs is 1. The minimum absolute atomic E-state index is 0.00751. The van der Waals surface area contributed by atoms with Crippen molar-refractivity contribution in [2.24, 2.45) is 23.5 Å². The Morgan fingerprint density at radius 2 is 2.12 bits per heavy atom. The van der Waals surface area contributed by atoms with Crippen molar-refractivity contribution in [1.82, 2.24) is 9.29 Å². The lowest BCUT2D eigenvalue weighted by Crippen LogP contribution is -2.32. The summed E-state index contributed by atoms with van der Waals surface area (Å²) in [7, 11) is -3.72. The fraction of sp³-hybridized carbons (Fsp3) is 0.467. The molecule has 136 valence electrons. The first-order valence-corrected chi connectivity index (χ1v) is 9.12. The predicted octanol–water partition coefficient (Wildman–Crippen LogP) is 0.224. The van der Waals surface area contributed by atoms with Crippen molar-refractivity contribution >= 4 is 16.0 Å². The Morgan fingerprint density at radius 3 is 2.60 bits per heavy atom. The second-order valence-corrected chi connectivity index (χ2v) is 8.04. The fourth-order valence-electron chi connectivity index (χ4n) is 3.11. The highest BCUT2D eigenvalue weighted by Gasteiger charge is 2.61. The Balaban J connectivity index is 1.63. The number of halogens is 1. The molecule has 0 bridgehead atoms. The first kappa shape index (κ1) is 17.8. The molecule has 2 atom stereocenters. The van der Waals surface area contributed by atoms with Crippen LogP contribution >= 0.6 is 0 Å². The highest BCUT2D eigenvalue weighted by molar-refractivity contribution is 7.89. The summed E-state index contributed by atoms with van der Waals surface area (Å²) in [6, 6.07) is 2.74. The minimum atomic E-state index is -3.72. The largest absolute Gasteiger partial charge is 0.481 e. The van der Waals surface area contributed by atoms with Gasteiger partial charge in [-0.3, -0.25) is 4.79 Å². The number of aromatic nitrogens is 1. The zero-order valence-electron chi connectivity index (χ0n) is 13.2. The normalized spacial score (nSPS) is 26.3. The highest BCUT2D eigenvalue weighted by Crippen LogP contribution is 2.52. The second-order valence-electron chi connectivity index (χ2n) is 6.11. The van der Waals surface area contributed by atoms with Gasteiger partial charge in [-0.15, -0.1) is 0 Å². The van der Waals surface area contributed by atoms with E-state index in [0.29, 0.717) is 6.33 Å². The lowest BCUT2D eigenvalue weighted by Gasteiger charge is -2.18. The highest BCUT2D eigenvalue weighted by atomic mass is 32.2. The summed E-state index contributed by atoms with van der Waals surface area (Å²) in [5, 5.41) is 8.99. The number of sulfonamides is 1. The standard InChI is InChI=1S/C15H18FN3O5S/c16-3-9(4-17)8-24-13-2-1-10(5-18-13)25(22,23)19-6-11-12(7-19)14(11)15(20)21/h1-3,5,11-12,14H,4,6-8,17H2,(H,20,21)/b9-3-/t11-,12-/m1/s1. The van der Waals surface area contributed by atoms with Crippen molar-refractivity contribution in [3.63, 3.8) is 0 Å². The lowest BCUT2D eigenvalue weighted by molar-refractivity contribution is -0.139. The number of nitrogens with two attached hydrogens (primary N) is 1. The number of rotatable bonds is 7. The average Bonchev–Trinajstić information content (AvgIpc) is 3.11. The molecular weight excluding hydrogens is 353 g/mol. The van der Waals surface area contributed by atoms with Gasteiger partial charge in [0.25, 0.3) is 0 Å². The van der Waals surface area contributed by atoms with Crippen LogP contribution in [0.25, 0.3) is 0 Å². The summed E-state index contributed by atoms with van der Waals surface area (Å²) in [4.78, 5) is 14.9. The molecule has 10 heteroatoms.